The molecule has 1 heterocycles. The predicted octanol–water partition coefficient (Wildman–Crippen LogP) is 1.22. The van der Waals surface area contributed by atoms with E-state index in [1.807, 2.05) is 19.0 Å². The molecule has 0 spiro atoms. The van der Waals surface area contributed by atoms with Crippen molar-refractivity contribution in [1.29, 1.82) is 0 Å². The Morgan fingerprint density at radius 2 is 2.06 bits per heavy atom. The van der Waals surface area contributed by atoms with Crippen molar-refractivity contribution < 1.29 is 4.52 Å². The number of nitrogens with zero attached hydrogens (tertiary/aromatic N) is 3. The highest BCUT2D eigenvalue weighted by Gasteiger charge is 2.18. The molecule has 5 heteroatoms. The lowest BCUT2D eigenvalue weighted by Gasteiger charge is -2.12. The van der Waals surface area contributed by atoms with Gasteiger partial charge in [0.05, 0.1) is 12.5 Å². The topological polar surface area (TPSA) is 68.2 Å². The van der Waals surface area contributed by atoms with Crippen LogP contribution in [-0.2, 0) is 6.54 Å². The van der Waals surface area contributed by atoms with Gasteiger partial charge in [-0.15, -0.1) is 0 Å². The normalized spacial score (nSPS) is 13.7. The van der Waals surface area contributed by atoms with Crippen molar-refractivity contribution in [2.75, 3.05) is 20.6 Å². The van der Waals surface area contributed by atoms with Crippen molar-refractivity contribution in [2.24, 2.45) is 11.7 Å². The summed E-state index contributed by atoms with van der Waals surface area (Å²) in [7, 11) is 3.95. The van der Waals surface area contributed by atoms with Crippen LogP contribution in [0.4, 0.5) is 0 Å². The Morgan fingerprint density at radius 3 is 2.56 bits per heavy atom. The first-order valence-corrected chi connectivity index (χ1v) is 5.70. The lowest BCUT2D eigenvalue weighted by atomic mass is 9.97. The van der Waals surface area contributed by atoms with Gasteiger partial charge < -0.3 is 15.2 Å². The first-order valence-electron chi connectivity index (χ1n) is 5.70. The van der Waals surface area contributed by atoms with Gasteiger partial charge in [0.15, 0.2) is 5.82 Å². The third-order valence-electron chi connectivity index (χ3n) is 2.33. The molecule has 2 N–H and O–H groups in total. The quantitative estimate of drug-likeness (QED) is 0.790. The van der Waals surface area contributed by atoms with Crippen LogP contribution in [0.25, 0.3) is 0 Å². The van der Waals surface area contributed by atoms with Crippen molar-refractivity contribution in [3.05, 3.63) is 11.7 Å². The van der Waals surface area contributed by atoms with Crippen LogP contribution in [0.3, 0.4) is 0 Å². The molecule has 0 aliphatic rings. The molecular weight excluding hydrogens is 204 g/mol. The molecule has 1 aromatic heterocycles. The smallest absolute Gasteiger partial charge is 0.231 e. The summed E-state index contributed by atoms with van der Waals surface area (Å²) in [5, 5.41) is 3.95. The predicted molar refractivity (Wildman–Crippen MR) is 62.9 cm³/mol. The molecule has 0 aliphatic heterocycles. The van der Waals surface area contributed by atoms with Gasteiger partial charge in [-0.3, -0.25) is 0 Å². The minimum absolute atomic E-state index is 0.184. The standard InChI is InChI=1S/C11H22N4O/c1-8(2)5-9(6-12)11-13-10(14-16-11)7-15(3)4/h8-9H,5-7,12H2,1-4H3. The molecular formula is C11H22N4O. The number of hydrogen-bond acceptors (Lipinski definition) is 5. The van der Waals surface area contributed by atoms with Crippen LogP contribution in [0.1, 0.15) is 37.9 Å². The molecule has 0 fully saturated rings. The highest BCUT2D eigenvalue weighted by Crippen LogP contribution is 2.21. The maximum Gasteiger partial charge on any atom is 0.231 e. The summed E-state index contributed by atoms with van der Waals surface area (Å²) >= 11 is 0. The van der Waals surface area contributed by atoms with Crippen molar-refractivity contribution in [3.8, 4) is 0 Å². The highest BCUT2D eigenvalue weighted by molar-refractivity contribution is 4.95. The van der Waals surface area contributed by atoms with Gasteiger partial charge in [0.2, 0.25) is 5.89 Å². The van der Waals surface area contributed by atoms with E-state index >= 15 is 0 Å². The number of hydrogen-bond donors (Lipinski definition) is 1. The summed E-state index contributed by atoms with van der Waals surface area (Å²) in [6.45, 7) is 5.59. The molecule has 0 radical (unpaired) electrons. The Morgan fingerprint density at radius 1 is 1.38 bits per heavy atom. The van der Waals surface area contributed by atoms with E-state index < -0.39 is 0 Å². The lowest BCUT2D eigenvalue weighted by Crippen LogP contribution is -2.15. The summed E-state index contributed by atoms with van der Waals surface area (Å²) in [6.07, 6.45) is 0.986. The number of nitrogens with two attached hydrogens (primary N) is 1. The summed E-state index contributed by atoms with van der Waals surface area (Å²) in [5.41, 5.74) is 5.73. The second-order valence-electron chi connectivity index (χ2n) is 4.85. The molecule has 1 rings (SSSR count). The Kier molecular flexibility index (Phi) is 4.89. The number of aromatic nitrogens is 2. The molecule has 92 valence electrons. The van der Waals surface area contributed by atoms with Crippen LogP contribution in [-0.4, -0.2) is 35.7 Å². The zero-order valence-electron chi connectivity index (χ0n) is 10.6. The Hall–Kier alpha value is -0.940. The molecule has 1 atom stereocenters. The van der Waals surface area contributed by atoms with E-state index in [9.17, 15) is 0 Å². The third-order valence-corrected chi connectivity index (χ3v) is 2.33. The van der Waals surface area contributed by atoms with Gasteiger partial charge in [0, 0.05) is 6.54 Å². The third kappa shape index (κ3) is 3.90. The van der Waals surface area contributed by atoms with Gasteiger partial charge >= 0.3 is 0 Å². The van der Waals surface area contributed by atoms with E-state index in [2.05, 4.69) is 24.0 Å². The summed E-state index contributed by atoms with van der Waals surface area (Å²) in [4.78, 5) is 6.38. The van der Waals surface area contributed by atoms with E-state index in [0.29, 0.717) is 24.9 Å². The lowest BCUT2D eigenvalue weighted by molar-refractivity contribution is 0.323. The van der Waals surface area contributed by atoms with Gasteiger partial charge in [0.1, 0.15) is 0 Å². The average Bonchev–Trinajstić information content (AvgIpc) is 2.61. The fourth-order valence-corrected chi connectivity index (χ4v) is 1.65. The largest absolute Gasteiger partial charge is 0.339 e. The Balaban J connectivity index is 2.66. The van der Waals surface area contributed by atoms with Crippen LogP contribution in [0.2, 0.25) is 0 Å². The molecule has 0 saturated heterocycles. The van der Waals surface area contributed by atoms with Gasteiger partial charge in [-0.2, -0.15) is 4.98 Å². The van der Waals surface area contributed by atoms with Gasteiger partial charge in [-0.1, -0.05) is 19.0 Å². The van der Waals surface area contributed by atoms with Crippen molar-refractivity contribution >= 4 is 0 Å². The Bertz CT molecular complexity index is 309. The molecule has 0 bridgehead atoms. The second kappa shape index (κ2) is 5.96. The van der Waals surface area contributed by atoms with E-state index in [1.54, 1.807) is 0 Å². The van der Waals surface area contributed by atoms with E-state index in [-0.39, 0.29) is 5.92 Å². The number of rotatable bonds is 6. The zero-order valence-corrected chi connectivity index (χ0v) is 10.6. The fourth-order valence-electron chi connectivity index (χ4n) is 1.65. The van der Waals surface area contributed by atoms with Gasteiger partial charge in [0.25, 0.3) is 0 Å². The SMILES string of the molecule is CC(C)CC(CN)c1nc(CN(C)C)no1. The Labute approximate surface area is 97.0 Å². The first kappa shape index (κ1) is 13.1. The van der Waals surface area contributed by atoms with Gasteiger partial charge in [-0.25, -0.2) is 0 Å². The summed E-state index contributed by atoms with van der Waals surface area (Å²) < 4.78 is 5.25. The van der Waals surface area contributed by atoms with E-state index in [1.165, 1.54) is 0 Å². The summed E-state index contributed by atoms with van der Waals surface area (Å²) in [6, 6.07) is 0. The first-order chi connectivity index (χ1) is 7.52. The molecule has 1 unspecified atom stereocenters. The monoisotopic (exact) mass is 226 g/mol. The van der Waals surface area contributed by atoms with Crippen LogP contribution in [0.15, 0.2) is 4.52 Å². The van der Waals surface area contributed by atoms with Crippen LogP contribution in [0.5, 0.6) is 0 Å². The van der Waals surface area contributed by atoms with E-state index in [4.69, 9.17) is 10.3 Å². The van der Waals surface area contributed by atoms with E-state index in [0.717, 1.165) is 12.2 Å². The maximum absolute atomic E-state index is 5.73. The van der Waals surface area contributed by atoms with Crippen LogP contribution >= 0.6 is 0 Å². The minimum atomic E-state index is 0.184. The fraction of sp³-hybridized carbons (Fsp3) is 0.818. The molecule has 0 saturated carbocycles. The molecule has 0 amide bonds. The van der Waals surface area contributed by atoms with Gasteiger partial charge in [-0.05, 0) is 26.4 Å². The van der Waals surface area contributed by atoms with Crippen molar-refractivity contribution in [1.82, 2.24) is 15.0 Å². The highest BCUT2D eigenvalue weighted by atomic mass is 16.5. The molecule has 0 aromatic carbocycles. The van der Waals surface area contributed by atoms with Crippen molar-refractivity contribution in [2.45, 2.75) is 32.7 Å². The molecule has 0 aliphatic carbocycles. The average molecular weight is 226 g/mol. The van der Waals surface area contributed by atoms with Crippen LogP contribution < -0.4 is 5.73 Å². The molecule has 5 nitrogen and oxygen atoms in total. The molecule has 16 heavy (non-hydrogen) atoms. The molecule has 1 aromatic rings. The maximum atomic E-state index is 5.73. The zero-order chi connectivity index (χ0) is 12.1. The second-order valence-corrected chi connectivity index (χ2v) is 4.85. The summed E-state index contributed by atoms with van der Waals surface area (Å²) in [5.74, 6) is 2.16. The van der Waals surface area contributed by atoms with Crippen LogP contribution in [0, 0.1) is 5.92 Å². The minimum Gasteiger partial charge on any atom is -0.339 e. The van der Waals surface area contributed by atoms with Crippen molar-refractivity contribution in [3.63, 3.8) is 0 Å².